The van der Waals surface area contributed by atoms with Crippen LogP contribution in [0.4, 0.5) is 0 Å². The summed E-state index contributed by atoms with van der Waals surface area (Å²) in [7, 11) is 0. The first-order chi connectivity index (χ1) is 25.3. The molecule has 6 aromatic carbocycles. The van der Waals surface area contributed by atoms with Crippen LogP contribution in [0.15, 0.2) is 174 Å². The molecule has 0 N–H and O–H groups in total. The molecular weight excluding hydrogens is 625 g/mol. The van der Waals surface area contributed by atoms with Gasteiger partial charge in [-0.3, -0.25) is 9.13 Å². The molecule has 11 rings (SSSR count). The van der Waals surface area contributed by atoms with Crippen LogP contribution in [0.25, 0.3) is 99.7 Å². The third kappa shape index (κ3) is 4.09. The number of hydrogen-bond acceptors (Lipinski definition) is 3. The molecule has 11 aromatic rings. The minimum atomic E-state index is 0.869. The SMILES string of the molecule is c1ccc(-c2cccc(-n3c4ccccc4c4c5oc6c(ccc7c6c6ccccc6n7-c6cccc(-c7ccccc7)n6)c5ccc43)n2)cc1. The Morgan fingerprint density at radius 1 is 0.333 bits per heavy atom. The zero-order valence-corrected chi connectivity index (χ0v) is 27.4. The number of nitrogens with zero attached hydrogens (tertiary/aromatic N) is 4. The highest BCUT2D eigenvalue weighted by Crippen LogP contribution is 2.44. The quantitative estimate of drug-likeness (QED) is 0.190. The third-order valence-electron chi connectivity index (χ3n) is 10.1. The topological polar surface area (TPSA) is 48.8 Å². The van der Waals surface area contributed by atoms with Crippen molar-refractivity contribution in [1.82, 2.24) is 19.1 Å². The Bertz CT molecular complexity index is 2920. The average molecular weight is 653 g/mol. The van der Waals surface area contributed by atoms with E-state index in [2.05, 4.69) is 167 Å². The summed E-state index contributed by atoms with van der Waals surface area (Å²) in [6, 6.07) is 59.1. The van der Waals surface area contributed by atoms with Crippen LogP contribution in [-0.2, 0) is 0 Å². The van der Waals surface area contributed by atoms with E-state index in [1.54, 1.807) is 0 Å². The molecular formula is C46H28N4O. The zero-order valence-electron chi connectivity index (χ0n) is 27.4. The van der Waals surface area contributed by atoms with E-state index in [1.807, 2.05) is 12.1 Å². The Kier molecular flexibility index (Phi) is 5.89. The maximum atomic E-state index is 7.11. The molecule has 0 atom stereocenters. The highest BCUT2D eigenvalue weighted by Gasteiger charge is 2.23. The molecule has 0 bridgehead atoms. The van der Waals surface area contributed by atoms with Crippen molar-refractivity contribution in [3.8, 4) is 34.2 Å². The summed E-state index contributed by atoms with van der Waals surface area (Å²) in [4.78, 5) is 10.3. The Morgan fingerprint density at radius 3 is 1.24 bits per heavy atom. The fraction of sp³-hybridized carbons (Fsp3) is 0. The zero-order chi connectivity index (χ0) is 33.5. The lowest BCUT2D eigenvalue weighted by Gasteiger charge is -2.09. The van der Waals surface area contributed by atoms with Crippen molar-refractivity contribution in [1.29, 1.82) is 0 Å². The van der Waals surface area contributed by atoms with Crippen LogP contribution in [0.3, 0.4) is 0 Å². The number of para-hydroxylation sites is 2. The third-order valence-corrected chi connectivity index (χ3v) is 10.1. The van der Waals surface area contributed by atoms with Crippen LogP contribution in [0, 0.1) is 0 Å². The van der Waals surface area contributed by atoms with Crippen molar-refractivity contribution in [3.63, 3.8) is 0 Å². The van der Waals surface area contributed by atoms with Gasteiger partial charge in [-0.05, 0) is 60.7 Å². The summed E-state index contributed by atoms with van der Waals surface area (Å²) in [6.45, 7) is 0. The molecule has 0 radical (unpaired) electrons. The molecule has 5 heteroatoms. The van der Waals surface area contributed by atoms with Crippen molar-refractivity contribution in [2.45, 2.75) is 0 Å². The predicted octanol–water partition coefficient (Wildman–Crippen LogP) is 11.9. The maximum Gasteiger partial charge on any atom is 0.145 e. The number of furan rings is 1. The van der Waals surface area contributed by atoms with Crippen molar-refractivity contribution in [3.05, 3.63) is 170 Å². The van der Waals surface area contributed by atoms with E-state index in [0.717, 1.165) is 99.7 Å². The van der Waals surface area contributed by atoms with Gasteiger partial charge in [0, 0.05) is 32.7 Å². The van der Waals surface area contributed by atoms with Gasteiger partial charge in [-0.2, -0.15) is 0 Å². The molecule has 5 nitrogen and oxygen atoms in total. The normalized spacial score (nSPS) is 11.9. The molecule has 0 aliphatic heterocycles. The largest absolute Gasteiger partial charge is 0.455 e. The summed E-state index contributed by atoms with van der Waals surface area (Å²) in [5, 5.41) is 6.61. The summed E-state index contributed by atoms with van der Waals surface area (Å²) < 4.78 is 11.6. The van der Waals surface area contributed by atoms with E-state index in [4.69, 9.17) is 14.4 Å². The minimum absolute atomic E-state index is 0.869. The molecule has 0 unspecified atom stereocenters. The molecule has 5 aromatic heterocycles. The number of pyridine rings is 2. The van der Waals surface area contributed by atoms with Crippen LogP contribution in [0.2, 0.25) is 0 Å². The minimum Gasteiger partial charge on any atom is -0.455 e. The van der Waals surface area contributed by atoms with Crippen LogP contribution >= 0.6 is 0 Å². The highest BCUT2D eigenvalue weighted by molar-refractivity contribution is 6.28. The molecule has 0 saturated heterocycles. The number of rotatable bonds is 4. The van der Waals surface area contributed by atoms with Gasteiger partial charge < -0.3 is 4.42 Å². The van der Waals surface area contributed by atoms with Gasteiger partial charge in [0.15, 0.2) is 0 Å². The second-order valence-corrected chi connectivity index (χ2v) is 13.0. The molecule has 238 valence electrons. The Hall–Kier alpha value is -6.98. The number of benzene rings is 6. The molecule has 0 spiro atoms. The van der Waals surface area contributed by atoms with E-state index in [1.165, 1.54) is 0 Å². The monoisotopic (exact) mass is 652 g/mol. The van der Waals surface area contributed by atoms with E-state index >= 15 is 0 Å². The molecule has 5 heterocycles. The van der Waals surface area contributed by atoms with Gasteiger partial charge in [0.1, 0.15) is 22.8 Å². The second kappa shape index (κ2) is 10.8. The molecule has 0 fully saturated rings. The van der Waals surface area contributed by atoms with Crippen LogP contribution in [-0.4, -0.2) is 19.1 Å². The number of aromatic nitrogens is 4. The van der Waals surface area contributed by atoms with Crippen LogP contribution in [0.1, 0.15) is 0 Å². The van der Waals surface area contributed by atoms with Gasteiger partial charge >= 0.3 is 0 Å². The first-order valence-corrected chi connectivity index (χ1v) is 17.2. The summed E-state index contributed by atoms with van der Waals surface area (Å²) in [6.07, 6.45) is 0. The maximum absolute atomic E-state index is 7.11. The van der Waals surface area contributed by atoms with Crippen LogP contribution < -0.4 is 0 Å². The smallest absolute Gasteiger partial charge is 0.145 e. The van der Waals surface area contributed by atoms with E-state index in [9.17, 15) is 0 Å². The summed E-state index contributed by atoms with van der Waals surface area (Å²) in [5.41, 5.74) is 10.1. The van der Waals surface area contributed by atoms with E-state index in [-0.39, 0.29) is 0 Å². The predicted molar refractivity (Wildman–Crippen MR) is 209 cm³/mol. The first kappa shape index (κ1) is 27.9. The Balaban J connectivity index is 1.19. The summed E-state index contributed by atoms with van der Waals surface area (Å²) in [5.74, 6) is 1.74. The van der Waals surface area contributed by atoms with E-state index in [0.29, 0.717) is 0 Å². The Labute approximate surface area is 292 Å². The fourth-order valence-electron chi connectivity index (χ4n) is 7.92. The second-order valence-electron chi connectivity index (χ2n) is 13.0. The Morgan fingerprint density at radius 2 is 0.765 bits per heavy atom. The van der Waals surface area contributed by atoms with Gasteiger partial charge in [-0.25, -0.2) is 9.97 Å². The van der Waals surface area contributed by atoms with Crippen molar-refractivity contribution in [2.75, 3.05) is 0 Å². The van der Waals surface area contributed by atoms with Crippen molar-refractivity contribution >= 4 is 65.6 Å². The lowest BCUT2D eigenvalue weighted by molar-refractivity contribution is 0.677. The standard InChI is InChI=1S/C46H28N4O/c1-3-13-29(14-4-1)35-19-11-23-41(47-35)49-37-21-9-7-17-33(37)43-39(49)27-25-31-32-26-28-40-44(46(32)51-45(31)43)34-18-8-10-22-38(34)50(40)42-24-12-20-36(48-42)30-15-5-2-6-16-30/h1-28H. The van der Waals surface area contributed by atoms with Gasteiger partial charge in [-0.1, -0.05) is 109 Å². The first-order valence-electron chi connectivity index (χ1n) is 17.2. The fourth-order valence-corrected chi connectivity index (χ4v) is 7.92. The average Bonchev–Trinajstić information content (AvgIpc) is 3.86. The molecule has 0 aliphatic carbocycles. The number of hydrogen-bond donors (Lipinski definition) is 0. The summed E-state index contributed by atoms with van der Waals surface area (Å²) >= 11 is 0. The van der Waals surface area contributed by atoms with Gasteiger partial charge in [0.25, 0.3) is 0 Å². The molecule has 51 heavy (non-hydrogen) atoms. The molecule has 0 saturated carbocycles. The van der Waals surface area contributed by atoms with E-state index < -0.39 is 0 Å². The highest BCUT2D eigenvalue weighted by atomic mass is 16.3. The molecule has 0 amide bonds. The van der Waals surface area contributed by atoms with Crippen molar-refractivity contribution < 1.29 is 4.42 Å². The van der Waals surface area contributed by atoms with Gasteiger partial charge in [0.2, 0.25) is 0 Å². The lowest BCUT2D eigenvalue weighted by Crippen LogP contribution is -1.98. The number of fused-ring (bicyclic) bond motifs is 11. The lowest BCUT2D eigenvalue weighted by atomic mass is 10.1. The van der Waals surface area contributed by atoms with Crippen molar-refractivity contribution in [2.24, 2.45) is 0 Å². The molecule has 0 aliphatic rings. The van der Waals surface area contributed by atoms with Gasteiger partial charge in [-0.15, -0.1) is 0 Å². The van der Waals surface area contributed by atoms with Crippen LogP contribution in [0.5, 0.6) is 0 Å². The van der Waals surface area contributed by atoms with Gasteiger partial charge in [0.05, 0.1) is 44.2 Å².